The molecule has 0 radical (unpaired) electrons. The number of anilines is 3. The van der Waals surface area contributed by atoms with Crippen LogP contribution in [0, 0.1) is 0 Å². The fraction of sp³-hybridized carbons (Fsp3) is 0.368. The van der Waals surface area contributed by atoms with Crippen molar-refractivity contribution in [2.24, 2.45) is 0 Å². The van der Waals surface area contributed by atoms with E-state index >= 15 is 0 Å². The fourth-order valence-electron chi connectivity index (χ4n) is 2.96. The summed E-state index contributed by atoms with van der Waals surface area (Å²) in [5, 5.41) is 2.82. The lowest BCUT2D eigenvalue weighted by molar-refractivity contribution is -0.115. The van der Waals surface area contributed by atoms with E-state index in [9.17, 15) is 4.79 Å². The average molecular weight is 340 g/mol. The van der Waals surface area contributed by atoms with Crippen LogP contribution in [0.4, 0.5) is 17.2 Å². The molecular formula is C19H24N4O2. The van der Waals surface area contributed by atoms with Crippen LogP contribution in [0.1, 0.15) is 13.3 Å². The van der Waals surface area contributed by atoms with Gasteiger partial charge in [-0.3, -0.25) is 4.79 Å². The molecule has 0 spiro atoms. The second kappa shape index (κ2) is 7.88. The van der Waals surface area contributed by atoms with E-state index in [4.69, 9.17) is 4.74 Å². The van der Waals surface area contributed by atoms with Crippen LogP contribution in [0.15, 0.2) is 42.6 Å². The lowest BCUT2D eigenvalue weighted by Gasteiger charge is -2.37. The van der Waals surface area contributed by atoms with Crippen molar-refractivity contribution in [3.05, 3.63) is 42.6 Å². The van der Waals surface area contributed by atoms with Crippen LogP contribution in [-0.4, -0.2) is 44.2 Å². The number of benzene rings is 1. The summed E-state index contributed by atoms with van der Waals surface area (Å²) in [6.07, 6.45) is 2.18. The molecular weight excluding hydrogens is 316 g/mol. The van der Waals surface area contributed by atoms with Gasteiger partial charge in [-0.1, -0.05) is 19.1 Å². The molecule has 1 amide bonds. The van der Waals surface area contributed by atoms with E-state index in [1.807, 2.05) is 37.3 Å². The number of hydrogen-bond donors (Lipinski definition) is 1. The summed E-state index contributed by atoms with van der Waals surface area (Å²) in [7, 11) is 1.71. The Kier molecular flexibility index (Phi) is 5.38. The maximum atomic E-state index is 11.4. The number of methoxy groups -OCH3 is 1. The van der Waals surface area contributed by atoms with Crippen molar-refractivity contribution in [2.75, 3.05) is 48.4 Å². The normalized spacial score (nSPS) is 14.3. The highest BCUT2D eigenvalue weighted by Gasteiger charge is 2.20. The first-order chi connectivity index (χ1) is 12.2. The number of pyridine rings is 1. The van der Waals surface area contributed by atoms with E-state index in [0.717, 1.165) is 49.1 Å². The zero-order valence-corrected chi connectivity index (χ0v) is 14.7. The molecule has 0 unspecified atom stereocenters. The summed E-state index contributed by atoms with van der Waals surface area (Å²) in [5.74, 6) is 1.85. The van der Waals surface area contributed by atoms with Crippen molar-refractivity contribution in [3.8, 4) is 5.75 Å². The van der Waals surface area contributed by atoms with Crippen LogP contribution in [-0.2, 0) is 4.79 Å². The number of carbonyl (C=O) groups is 1. The summed E-state index contributed by atoms with van der Waals surface area (Å²) >= 11 is 0. The van der Waals surface area contributed by atoms with Crippen LogP contribution in [0.3, 0.4) is 0 Å². The second-order valence-electron chi connectivity index (χ2n) is 5.95. The van der Waals surface area contributed by atoms with Crippen LogP contribution in [0.25, 0.3) is 0 Å². The molecule has 1 saturated heterocycles. The Labute approximate surface area is 148 Å². The average Bonchev–Trinajstić information content (AvgIpc) is 2.68. The molecule has 1 aromatic carbocycles. The van der Waals surface area contributed by atoms with Crippen molar-refractivity contribution >= 4 is 23.1 Å². The molecule has 0 atom stereocenters. The van der Waals surface area contributed by atoms with Gasteiger partial charge in [0.2, 0.25) is 5.91 Å². The molecule has 1 fully saturated rings. The molecule has 1 aliphatic heterocycles. The van der Waals surface area contributed by atoms with E-state index < -0.39 is 0 Å². The lowest BCUT2D eigenvalue weighted by Crippen LogP contribution is -2.46. The van der Waals surface area contributed by atoms with Crippen molar-refractivity contribution in [2.45, 2.75) is 13.3 Å². The maximum Gasteiger partial charge on any atom is 0.224 e. The van der Waals surface area contributed by atoms with Crippen molar-refractivity contribution in [3.63, 3.8) is 0 Å². The number of nitrogens with zero attached hydrogens (tertiary/aromatic N) is 3. The fourth-order valence-corrected chi connectivity index (χ4v) is 2.96. The highest BCUT2D eigenvalue weighted by atomic mass is 16.5. The molecule has 2 heterocycles. The topological polar surface area (TPSA) is 57.7 Å². The number of carbonyl (C=O) groups excluding carboxylic acids is 1. The smallest absolute Gasteiger partial charge is 0.224 e. The molecule has 2 aromatic rings. The largest absolute Gasteiger partial charge is 0.495 e. The first-order valence-electron chi connectivity index (χ1n) is 8.60. The first kappa shape index (κ1) is 17.1. The van der Waals surface area contributed by atoms with Gasteiger partial charge in [0.05, 0.1) is 24.7 Å². The van der Waals surface area contributed by atoms with E-state index in [0.29, 0.717) is 6.42 Å². The van der Waals surface area contributed by atoms with Gasteiger partial charge in [-0.25, -0.2) is 4.98 Å². The Bertz CT molecular complexity index is 710. The number of nitrogens with one attached hydrogen (secondary N) is 1. The molecule has 132 valence electrons. The van der Waals surface area contributed by atoms with Gasteiger partial charge in [-0.2, -0.15) is 0 Å². The highest BCUT2D eigenvalue weighted by Crippen LogP contribution is 2.29. The minimum absolute atomic E-state index is 0.0000253. The van der Waals surface area contributed by atoms with Gasteiger partial charge >= 0.3 is 0 Å². The van der Waals surface area contributed by atoms with Crippen molar-refractivity contribution in [1.82, 2.24) is 4.98 Å². The van der Waals surface area contributed by atoms with Crippen LogP contribution >= 0.6 is 0 Å². The quantitative estimate of drug-likeness (QED) is 0.907. The summed E-state index contributed by atoms with van der Waals surface area (Å²) < 4.78 is 5.46. The summed E-state index contributed by atoms with van der Waals surface area (Å²) in [6, 6.07) is 12.0. The number of piperazine rings is 1. The molecule has 6 nitrogen and oxygen atoms in total. The SMILES string of the molecule is CCC(=O)Nc1ccc(N2CCN(c3ccccc3OC)CC2)nc1. The molecule has 0 aliphatic carbocycles. The third kappa shape index (κ3) is 4.02. The number of para-hydroxylation sites is 2. The van der Waals surface area contributed by atoms with Gasteiger partial charge < -0.3 is 19.9 Å². The van der Waals surface area contributed by atoms with Crippen molar-refractivity contribution in [1.29, 1.82) is 0 Å². The predicted octanol–water partition coefficient (Wildman–Crippen LogP) is 2.77. The predicted molar refractivity (Wildman–Crippen MR) is 101 cm³/mol. The van der Waals surface area contributed by atoms with Crippen LogP contribution < -0.4 is 19.9 Å². The Balaban J connectivity index is 1.61. The van der Waals surface area contributed by atoms with E-state index in [-0.39, 0.29) is 5.91 Å². The van der Waals surface area contributed by atoms with E-state index in [1.165, 1.54) is 0 Å². The number of rotatable bonds is 5. The summed E-state index contributed by atoms with van der Waals surface area (Å²) in [5.41, 5.74) is 1.87. The van der Waals surface area contributed by atoms with Gasteiger partial charge in [-0.15, -0.1) is 0 Å². The Morgan fingerprint density at radius 2 is 1.84 bits per heavy atom. The van der Waals surface area contributed by atoms with Crippen molar-refractivity contribution < 1.29 is 9.53 Å². The van der Waals surface area contributed by atoms with Crippen LogP contribution in [0.2, 0.25) is 0 Å². The molecule has 6 heteroatoms. The number of amides is 1. The Hall–Kier alpha value is -2.76. The zero-order valence-electron chi connectivity index (χ0n) is 14.7. The Morgan fingerprint density at radius 3 is 2.48 bits per heavy atom. The second-order valence-corrected chi connectivity index (χ2v) is 5.95. The summed E-state index contributed by atoms with van der Waals surface area (Å²) in [4.78, 5) is 20.5. The number of aromatic nitrogens is 1. The van der Waals surface area contributed by atoms with E-state index in [1.54, 1.807) is 13.3 Å². The Morgan fingerprint density at radius 1 is 1.12 bits per heavy atom. The third-order valence-electron chi connectivity index (χ3n) is 4.38. The molecule has 3 rings (SSSR count). The molecule has 25 heavy (non-hydrogen) atoms. The number of ether oxygens (including phenoxy) is 1. The molecule has 1 N–H and O–H groups in total. The van der Waals surface area contributed by atoms with E-state index in [2.05, 4.69) is 26.2 Å². The molecule has 1 aromatic heterocycles. The summed E-state index contributed by atoms with van der Waals surface area (Å²) in [6.45, 7) is 5.45. The standard InChI is InChI=1S/C19H24N4O2/c1-3-19(24)21-15-8-9-18(20-14-15)23-12-10-22(11-13-23)16-6-4-5-7-17(16)25-2/h4-9,14H,3,10-13H2,1-2H3,(H,21,24). The maximum absolute atomic E-state index is 11.4. The highest BCUT2D eigenvalue weighted by molar-refractivity contribution is 5.90. The van der Waals surface area contributed by atoms with Gasteiger partial charge in [-0.05, 0) is 24.3 Å². The first-order valence-corrected chi connectivity index (χ1v) is 8.60. The molecule has 0 bridgehead atoms. The molecule has 1 aliphatic rings. The van der Waals surface area contributed by atoms with Crippen LogP contribution in [0.5, 0.6) is 5.75 Å². The minimum atomic E-state index is -0.0000253. The minimum Gasteiger partial charge on any atom is -0.495 e. The third-order valence-corrected chi connectivity index (χ3v) is 4.38. The zero-order chi connectivity index (χ0) is 17.6. The monoisotopic (exact) mass is 340 g/mol. The molecule has 0 saturated carbocycles. The van der Waals surface area contributed by atoms with Gasteiger partial charge in [0.15, 0.2) is 0 Å². The number of hydrogen-bond acceptors (Lipinski definition) is 5. The van der Waals surface area contributed by atoms with Gasteiger partial charge in [0.25, 0.3) is 0 Å². The lowest BCUT2D eigenvalue weighted by atomic mass is 10.2. The van der Waals surface area contributed by atoms with Gasteiger partial charge in [0.1, 0.15) is 11.6 Å². The van der Waals surface area contributed by atoms with Gasteiger partial charge in [0, 0.05) is 32.6 Å².